The number of halogens is 1. The summed E-state index contributed by atoms with van der Waals surface area (Å²) in [5, 5.41) is 3.41. The van der Waals surface area contributed by atoms with E-state index < -0.39 is 0 Å². The van der Waals surface area contributed by atoms with E-state index >= 15 is 0 Å². The molecular formula is C14H13ClN2OS. The molecule has 5 heteroatoms. The number of hydrogen-bond acceptors (Lipinski definition) is 3. The lowest BCUT2D eigenvalue weighted by Gasteiger charge is -2.07. The Morgan fingerprint density at radius 3 is 2.63 bits per heavy atom. The van der Waals surface area contributed by atoms with E-state index in [4.69, 9.17) is 17.3 Å². The van der Waals surface area contributed by atoms with Crippen molar-refractivity contribution in [1.29, 1.82) is 0 Å². The first-order valence-electron chi connectivity index (χ1n) is 5.68. The maximum atomic E-state index is 11.8. The predicted octanol–water partition coefficient (Wildman–Crippen LogP) is 3.65. The van der Waals surface area contributed by atoms with Crippen molar-refractivity contribution < 1.29 is 4.79 Å². The van der Waals surface area contributed by atoms with Crippen molar-refractivity contribution in [2.75, 3.05) is 16.8 Å². The molecule has 0 aliphatic heterocycles. The zero-order valence-electron chi connectivity index (χ0n) is 10.1. The van der Waals surface area contributed by atoms with E-state index in [9.17, 15) is 4.79 Å². The van der Waals surface area contributed by atoms with Crippen molar-refractivity contribution in [3.63, 3.8) is 0 Å². The van der Waals surface area contributed by atoms with Gasteiger partial charge < -0.3 is 11.1 Å². The number of nitrogens with one attached hydrogen (secondary N) is 1. The lowest BCUT2D eigenvalue weighted by Crippen LogP contribution is -2.13. The van der Waals surface area contributed by atoms with Gasteiger partial charge in [0.2, 0.25) is 5.91 Å². The number of thioether (sulfide) groups is 1. The van der Waals surface area contributed by atoms with Gasteiger partial charge >= 0.3 is 0 Å². The smallest absolute Gasteiger partial charge is 0.234 e. The first-order chi connectivity index (χ1) is 9.15. The first kappa shape index (κ1) is 13.8. The summed E-state index contributed by atoms with van der Waals surface area (Å²) in [4.78, 5) is 12.6. The number of nitrogens with two attached hydrogens (primary N) is 1. The fourth-order valence-corrected chi connectivity index (χ4v) is 2.44. The van der Waals surface area contributed by atoms with Gasteiger partial charge in [0.05, 0.1) is 5.75 Å². The van der Waals surface area contributed by atoms with Crippen LogP contribution in [0.25, 0.3) is 0 Å². The van der Waals surface area contributed by atoms with E-state index in [1.165, 1.54) is 11.8 Å². The maximum Gasteiger partial charge on any atom is 0.234 e. The van der Waals surface area contributed by atoms with E-state index in [1.807, 2.05) is 36.4 Å². The Balaban J connectivity index is 1.90. The summed E-state index contributed by atoms with van der Waals surface area (Å²) in [5.41, 5.74) is 7.20. The molecule has 0 saturated carbocycles. The molecule has 2 aromatic carbocycles. The summed E-state index contributed by atoms with van der Waals surface area (Å²) in [6.45, 7) is 0. The van der Waals surface area contributed by atoms with Gasteiger partial charge in [-0.05, 0) is 30.3 Å². The van der Waals surface area contributed by atoms with Gasteiger partial charge in [-0.1, -0.05) is 29.8 Å². The molecule has 0 fully saturated rings. The zero-order valence-corrected chi connectivity index (χ0v) is 11.7. The zero-order chi connectivity index (χ0) is 13.7. The number of amides is 1. The van der Waals surface area contributed by atoms with Crippen LogP contribution in [0.2, 0.25) is 5.02 Å². The highest BCUT2D eigenvalue weighted by Crippen LogP contribution is 2.27. The molecule has 0 bridgehead atoms. The second-order valence-electron chi connectivity index (χ2n) is 3.89. The summed E-state index contributed by atoms with van der Waals surface area (Å²) >= 11 is 7.21. The van der Waals surface area contributed by atoms with Crippen molar-refractivity contribution >= 4 is 40.6 Å². The van der Waals surface area contributed by atoms with E-state index in [-0.39, 0.29) is 5.91 Å². The Kier molecular flexibility index (Phi) is 4.71. The van der Waals surface area contributed by atoms with Crippen LogP contribution >= 0.6 is 23.4 Å². The average Bonchev–Trinajstić information content (AvgIpc) is 2.39. The minimum absolute atomic E-state index is 0.0643. The monoisotopic (exact) mass is 292 g/mol. The molecule has 2 rings (SSSR count). The van der Waals surface area contributed by atoms with Crippen LogP contribution in [0.1, 0.15) is 0 Å². The van der Waals surface area contributed by atoms with Crippen LogP contribution in [-0.2, 0) is 4.79 Å². The van der Waals surface area contributed by atoms with E-state index in [0.717, 1.165) is 10.6 Å². The van der Waals surface area contributed by atoms with Crippen LogP contribution in [0.3, 0.4) is 0 Å². The van der Waals surface area contributed by atoms with Crippen molar-refractivity contribution in [2.45, 2.75) is 4.90 Å². The number of hydrogen-bond donors (Lipinski definition) is 2. The SMILES string of the molecule is Nc1cc(Cl)ccc1SCC(=O)Nc1ccccc1. The molecule has 98 valence electrons. The van der Waals surface area contributed by atoms with Crippen molar-refractivity contribution in [3.05, 3.63) is 53.6 Å². The van der Waals surface area contributed by atoms with Gasteiger partial charge in [0.25, 0.3) is 0 Å². The summed E-state index contributed by atoms with van der Waals surface area (Å²) in [7, 11) is 0. The summed E-state index contributed by atoms with van der Waals surface area (Å²) in [5.74, 6) is 0.242. The molecule has 1 amide bonds. The van der Waals surface area contributed by atoms with Crippen LogP contribution in [0.4, 0.5) is 11.4 Å². The number of anilines is 2. The van der Waals surface area contributed by atoms with Gasteiger partial charge in [0.1, 0.15) is 0 Å². The van der Waals surface area contributed by atoms with E-state index in [0.29, 0.717) is 16.5 Å². The molecule has 3 nitrogen and oxygen atoms in total. The van der Waals surface area contributed by atoms with Crippen LogP contribution in [0, 0.1) is 0 Å². The van der Waals surface area contributed by atoms with Gasteiger partial charge in [-0.15, -0.1) is 11.8 Å². The molecular weight excluding hydrogens is 280 g/mol. The first-order valence-corrected chi connectivity index (χ1v) is 7.04. The highest BCUT2D eigenvalue weighted by Gasteiger charge is 2.06. The quantitative estimate of drug-likeness (QED) is 0.668. The standard InChI is InChI=1S/C14H13ClN2OS/c15-10-6-7-13(12(16)8-10)19-9-14(18)17-11-4-2-1-3-5-11/h1-8H,9,16H2,(H,17,18). The molecule has 0 saturated heterocycles. The maximum absolute atomic E-state index is 11.8. The number of benzene rings is 2. The number of carbonyl (C=O) groups excluding carboxylic acids is 1. The Hall–Kier alpha value is -1.65. The summed E-state index contributed by atoms with van der Waals surface area (Å²) in [6.07, 6.45) is 0. The second kappa shape index (κ2) is 6.50. The fraction of sp³-hybridized carbons (Fsp3) is 0.0714. The van der Waals surface area contributed by atoms with Gasteiger partial charge in [-0.25, -0.2) is 0 Å². The van der Waals surface area contributed by atoms with Crippen LogP contribution < -0.4 is 11.1 Å². The van der Waals surface area contributed by atoms with E-state index in [1.54, 1.807) is 12.1 Å². The lowest BCUT2D eigenvalue weighted by atomic mass is 10.3. The van der Waals surface area contributed by atoms with Gasteiger partial charge in [0.15, 0.2) is 0 Å². The highest BCUT2D eigenvalue weighted by molar-refractivity contribution is 8.00. The minimum atomic E-state index is -0.0643. The van der Waals surface area contributed by atoms with Gasteiger partial charge in [0, 0.05) is 21.3 Å². The molecule has 2 aromatic rings. The molecule has 0 radical (unpaired) electrons. The molecule has 3 N–H and O–H groups in total. The second-order valence-corrected chi connectivity index (χ2v) is 5.34. The predicted molar refractivity (Wildman–Crippen MR) is 81.7 cm³/mol. The van der Waals surface area contributed by atoms with Crippen LogP contribution in [0.5, 0.6) is 0 Å². The Morgan fingerprint density at radius 1 is 1.21 bits per heavy atom. The average molecular weight is 293 g/mol. The molecule has 19 heavy (non-hydrogen) atoms. The highest BCUT2D eigenvalue weighted by atomic mass is 35.5. The molecule has 0 unspecified atom stereocenters. The minimum Gasteiger partial charge on any atom is -0.398 e. The Labute approximate surface area is 121 Å². The largest absolute Gasteiger partial charge is 0.398 e. The molecule has 0 spiro atoms. The van der Waals surface area contributed by atoms with Crippen molar-refractivity contribution in [2.24, 2.45) is 0 Å². The number of carbonyl (C=O) groups is 1. The molecule has 0 atom stereocenters. The van der Waals surface area contributed by atoms with Crippen molar-refractivity contribution in [3.8, 4) is 0 Å². The normalized spacial score (nSPS) is 10.2. The molecule has 0 aliphatic carbocycles. The topological polar surface area (TPSA) is 55.1 Å². The molecule has 0 heterocycles. The van der Waals surface area contributed by atoms with Crippen molar-refractivity contribution in [1.82, 2.24) is 0 Å². The number of rotatable bonds is 4. The Morgan fingerprint density at radius 2 is 1.95 bits per heavy atom. The molecule has 0 aromatic heterocycles. The third kappa shape index (κ3) is 4.19. The fourth-order valence-electron chi connectivity index (χ4n) is 1.51. The Bertz CT molecular complexity index is 575. The van der Waals surface area contributed by atoms with Crippen LogP contribution in [0.15, 0.2) is 53.4 Å². The summed E-state index contributed by atoms with van der Waals surface area (Å²) in [6, 6.07) is 14.6. The third-order valence-electron chi connectivity index (χ3n) is 2.39. The van der Waals surface area contributed by atoms with Gasteiger partial charge in [-0.3, -0.25) is 4.79 Å². The van der Waals surface area contributed by atoms with E-state index in [2.05, 4.69) is 5.32 Å². The van der Waals surface area contributed by atoms with Crippen LogP contribution in [-0.4, -0.2) is 11.7 Å². The summed E-state index contributed by atoms with van der Waals surface area (Å²) < 4.78 is 0. The number of nitrogen functional groups attached to an aromatic ring is 1. The van der Waals surface area contributed by atoms with Gasteiger partial charge in [-0.2, -0.15) is 0 Å². The molecule has 0 aliphatic rings. The lowest BCUT2D eigenvalue weighted by molar-refractivity contribution is -0.113. The third-order valence-corrected chi connectivity index (χ3v) is 3.71. The number of para-hydroxylation sites is 1.